The van der Waals surface area contributed by atoms with Gasteiger partial charge in [-0.05, 0) is 24.3 Å². The minimum Gasteiger partial charge on any atom is -0.396 e. The molecule has 1 aromatic rings. The molecule has 0 bridgehead atoms. The Kier molecular flexibility index (Phi) is 5.80. The zero-order valence-corrected chi connectivity index (χ0v) is 9.35. The topological polar surface area (TPSA) is 61.4 Å². The molecule has 5 heteroatoms. The van der Waals surface area contributed by atoms with Gasteiger partial charge in [0.15, 0.2) is 0 Å². The summed E-state index contributed by atoms with van der Waals surface area (Å²) >= 11 is 1.69. The lowest BCUT2D eigenvalue weighted by Gasteiger charge is -2.05. The molecule has 1 rings (SSSR count). The first-order valence-corrected chi connectivity index (χ1v) is 5.86. The van der Waals surface area contributed by atoms with E-state index in [1.165, 1.54) is 4.88 Å². The molecule has 0 saturated carbocycles. The molecule has 0 atom stereocenters. The molecule has 2 amide bonds. The number of rotatable bonds is 6. The van der Waals surface area contributed by atoms with Crippen molar-refractivity contribution in [3.8, 4) is 0 Å². The van der Waals surface area contributed by atoms with Crippen molar-refractivity contribution >= 4 is 17.4 Å². The van der Waals surface area contributed by atoms with Gasteiger partial charge in [0.05, 0.1) is 0 Å². The molecule has 3 N–H and O–H groups in total. The van der Waals surface area contributed by atoms with E-state index in [1.54, 1.807) is 11.3 Å². The molecule has 0 aliphatic carbocycles. The first-order valence-electron chi connectivity index (χ1n) is 4.98. The Labute approximate surface area is 93.3 Å². The van der Waals surface area contributed by atoms with E-state index in [-0.39, 0.29) is 12.6 Å². The van der Waals surface area contributed by atoms with Crippen LogP contribution in [0, 0.1) is 0 Å². The number of aliphatic hydroxyl groups excluding tert-OH is 1. The van der Waals surface area contributed by atoms with Crippen molar-refractivity contribution in [3.05, 3.63) is 22.4 Å². The van der Waals surface area contributed by atoms with Gasteiger partial charge in [-0.15, -0.1) is 11.3 Å². The zero-order valence-electron chi connectivity index (χ0n) is 8.53. The van der Waals surface area contributed by atoms with Crippen LogP contribution in [0.25, 0.3) is 0 Å². The van der Waals surface area contributed by atoms with Gasteiger partial charge in [-0.1, -0.05) is 6.07 Å². The summed E-state index contributed by atoms with van der Waals surface area (Å²) in [6, 6.07) is 3.89. The number of amides is 2. The molecular weight excluding hydrogens is 212 g/mol. The molecule has 0 radical (unpaired) electrons. The van der Waals surface area contributed by atoms with Crippen LogP contribution in [0.15, 0.2) is 17.5 Å². The van der Waals surface area contributed by atoms with E-state index < -0.39 is 0 Å². The minimum absolute atomic E-state index is 0.107. The standard InChI is InChI=1S/C10H16N2O2S/c13-7-2-5-11-10(14)12-6-4-9-3-1-8-15-9/h1,3,8,13H,2,4-7H2,(H2,11,12,14). The number of hydrogen-bond donors (Lipinski definition) is 3. The number of carbonyl (C=O) groups is 1. The number of urea groups is 1. The van der Waals surface area contributed by atoms with Crippen molar-refractivity contribution in [3.63, 3.8) is 0 Å². The first-order chi connectivity index (χ1) is 7.33. The second-order valence-corrected chi connectivity index (χ2v) is 4.12. The Hall–Kier alpha value is -1.07. The van der Waals surface area contributed by atoms with E-state index in [2.05, 4.69) is 16.7 Å². The molecule has 0 saturated heterocycles. The Morgan fingerprint density at radius 1 is 1.40 bits per heavy atom. The molecular formula is C10H16N2O2S. The summed E-state index contributed by atoms with van der Waals surface area (Å²) in [4.78, 5) is 12.4. The van der Waals surface area contributed by atoms with E-state index in [0.29, 0.717) is 19.5 Å². The molecule has 15 heavy (non-hydrogen) atoms. The van der Waals surface area contributed by atoms with Crippen LogP contribution in [0.3, 0.4) is 0 Å². The lowest BCUT2D eigenvalue weighted by Crippen LogP contribution is -2.37. The Morgan fingerprint density at radius 2 is 2.20 bits per heavy atom. The Balaban J connectivity index is 2.02. The van der Waals surface area contributed by atoms with Crippen molar-refractivity contribution in [1.29, 1.82) is 0 Å². The van der Waals surface area contributed by atoms with Crippen molar-refractivity contribution in [2.75, 3.05) is 19.7 Å². The third-order valence-electron chi connectivity index (χ3n) is 1.86. The van der Waals surface area contributed by atoms with Crippen molar-refractivity contribution in [2.45, 2.75) is 12.8 Å². The monoisotopic (exact) mass is 228 g/mol. The van der Waals surface area contributed by atoms with Crippen molar-refractivity contribution in [2.24, 2.45) is 0 Å². The molecule has 0 aliphatic heterocycles. The second-order valence-electron chi connectivity index (χ2n) is 3.09. The fourth-order valence-corrected chi connectivity index (χ4v) is 1.81. The average molecular weight is 228 g/mol. The highest BCUT2D eigenvalue weighted by Crippen LogP contribution is 2.07. The van der Waals surface area contributed by atoms with Gasteiger partial charge in [0.1, 0.15) is 0 Å². The van der Waals surface area contributed by atoms with E-state index in [0.717, 1.165) is 6.42 Å². The van der Waals surface area contributed by atoms with E-state index in [9.17, 15) is 4.79 Å². The number of hydrogen-bond acceptors (Lipinski definition) is 3. The molecule has 0 fully saturated rings. The number of thiophene rings is 1. The summed E-state index contributed by atoms with van der Waals surface area (Å²) in [5.74, 6) is 0. The molecule has 0 aliphatic rings. The quantitative estimate of drug-likeness (QED) is 0.635. The van der Waals surface area contributed by atoms with Crippen LogP contribution >= 0.6 is 11.3 Å². The van der Waals surface area contributed by atoms with Gasteiger partial charge in [-0.2, -0.15) is 0 Å². The summed E-state index contributed by atoms with van der Waals surface area (Å²) in [5.41, 5.74) is 0. The molecule has 0 aromatic carbocycles. The molecule has 1 aromatic heterocycles. The van der Waals surface area contributed by atoms with Crippen LogP contribution in [0.4, 0.5) is 4.79 Å². The zero-order chi connectivity index (χ0) is 10.9. The van der Waals surface area contributed by atoms with Gasteiger partial charge in [0.25, 0.3) is 0 Å². The second kappa shape index (κ2) is 7.25. The summed E-state index contributed by atoms with van der Waals surface area (Å²) in [7, 11) is 0. The highest BCUT2D eigenvalue weighted by molar-refractivity contribution is 7.09. The summed E-state index contributed by atoms with van der Waals surface area (Å²) in [6.45, 7) is 1.27. The van der Waals surface area contributed by atoms with E-state index >= 15 is 0 Å². The minimum atomic E-state index is -0.167. The maximum absolute atomic E-state index is 11.1. The van der Waals surface area contributed by atoms with Gasteiger partial charge >= 0.3 is 6.03 Å². The van der Waals surface area contributed by atoms with E-state index in [1.807, 2.05) is 11.4 Å². The fourth-order valence-electron chi connectivity index (χ4n) is 1.10. The number of carbonyl (C=O) groups excluding carboxylic acids is 1. The van der Waals surface area contributed by atoms with Crippen LogP contribution in [0.1, 0.15) is 11.3 Å². The predicted molar refractivity (Wildman–Crippen MR) is 61.1 cm³/mol. The maximum Gasteiger partial charge on any atom is 0.314 e. The third-order valence-corrected chi connectivity index (χ3v) is 2.79. The summed E-state index contributed by atoms with van der Waals surface area (Å²) in [5, 5.41) is 15.9. The number of nitrogens with one attached hydrogen (secondary N) is 2. The molecule has 0 unspecified atom stereocenters. The predicted octanol–water partition coefficient (Wildman–Crippen LogP) is 0.972. The largest absolute Gasteiger partial charge is 0.396 e. The maximum atomic E-state index is 11.1. The third kappa shape index (κ3) is 5.39. The Morgan fingerprint density at radius 3 is 2.87 bits per heavy atom. The van der Waals surface area contributed by atoms with Gasteiger partial charge in [-0.25, -0.2) is 4.79 Å². The highest BCUT2D eigenvalue weighted by atomic mass is 32.1. The summed E-state index contributed by atoms with van der Waals surface area (Å²) in [6.07, 6.45) is 1.46. The number of aliphatic hydroxyl groups is 1. The SMILES string of the molecule is O=C(NCCCO)NCCc1cccs1. The molecule has 4 nitrogen and oxygen atoms in total. The first kappa shape index (κ1) is 12.0. The lowest BCUT2D eigenvalue weighted by molar-refractivity contribution is 0.238. The molecule has 0 spiro atoms. The molecule has 84 valence electrons. The van der Waals surface area contributed by atoms with Gasteiger partial charge in [-0.3, -0.25) is 0 Å². The van der Waals surface area contributed by atoms with Crippen LogP contribution in [-0.4, -0.2) is 30.8 Å². The van der Waals surface area contributed by atoms with Gasteiger partial charge in [0.2, 0.25) is 0 Å². The van der Waals surface area contributed by atoms with Crippen LogP contribution in [-0.2, 0) is 6.42 Å². The molecule has 1 heterocycles. The van der Waals surface area contributed by atoms with E-state index in [4.69, 9.17) is 5.11 Å². The normalized spacial score (nSPS) is 9.93. The van der Waals surface area contributed by atoms with Crippen LogP contribution in [0.5, 0.6) is 0 Å². The highest BCUT2D eigenvalue weighted by Gasteiger charge is 1.98. The van der Waals surface area contributed by atoms with Crippen molar-refractivity contribution in [1.82, 2.24) is 10.6 Å². The van der Waals surface area contributed by atoms with Gasteiger partial charge < -0.3 is 15.7 Å². The smallest absolute Gasteiger partial charge is 0.314 e. The fraction of sp³-hybridized carbons (Fsp3) is 0.500. The van der Waals surface area contributed by atoms with Crippen LogP contribution < -0.4 is 10.6 Å². The summed E-state index contributed by atoms with van der Waals surface area (Å²) < 4.78 is 0. The van der Waals surface area contributed by atoms with Crippen molar-refractivity contribution < 1.29 is 9.90 Å². The average Bonchev–Trinajstić information content (AvgIpc) is 2.71. The van der Waals surface area contributed by atoms with Gasteiger partial charge in [0, 0.05) is 24.6 Å². The lowest BCUT2D eigenvalue weighted by atomic mass is 10.3. The van der Waals surface area contributed by atoms with Crippen LogP contribution in [0.2, 0.25) is 0 Å². The Bertz CT molecular complexity index is 275.